The molecule has 0 aromatic heterocycles. The molecule has 9 heteroatoms. The molecule has 2 aromatic carbocycles. The lowest BCUT2D eigenvalue weighted by molar-refractivity contribution is 0.426. The highest BCUT2D eigenvalue weighted by Crippen LogP contribution is 2.37. The molecular formula is C17H15ClF3NO2S2. The van der Waals surface area contributed by atoms with E-state index >= 15 is 0 Å². The van der Waals surface area contributed by atoms with Crippen molar-refractivity contribution in [3.8, 4) is 0 Å². The number of hydrogen-bond acceptors (Lipinski definition) is 3. The van der Waals surface area contributed by atoms with Gasteiger partial charge in [-0.3, -0.25) is 0 Å². The minimum atomic E-state index is -3.85. The van der Waals surface area contributed by atoms with Gasteiger partial charge in [-0.1, -0.05) is 11.6 Å². The van der Waals surface area contributed by atoms with Gasteiger partial charge < -0.3 is 0 Å². The first-order valence-corrected chi connectivity index (χ1v) is 10.7. The lowest BCUT2D eigenvalue weighted by Gasteiger charge is -2.20. The number of rotatable bonds is 3. The summed E-state index contributed by atoms with van der Waals surface area (Å²) in [5, 5.41) is -0.613. The number of hydrogen-bond donors (Lipinski definition) is 0. The van der Waals surface area contributed by atoms with E-state index in [1.807, 2.05) is 0 Å². The molecule has 0 bridgehead atoms. The maximum atomic E-state index is 14.0. The van der Waals surface area contributed by atoms with Gasteiger partial charge in [0.15, 0.2) is 0 Å². The van der Waals surface area contributed by atoms with E-state index in [-0.39, 0.29) is 33.8 Å². The van der Waals surface area contributed by atoms with E-state index in [1.54, 1.807) is 0 Å². The molecule has 1 atom stereocenters. The van der Waals surface area contributed by atoms with Crippen molar-refractivity contribution >= 4 is 33.4 Å². The van der Waals surface area contributed by atoms with Gasteiger partial charge in [0, 0.05) is 29.7 Å². The van der Waals surface area contributed by atoms with Gasteiger partial charge in [-0.05, 0) is 42.8 Å². The van der Waals surface area contributed by atoms with Crippen molar-refractivity contribution in [2.24, 2.45) is 0 Å². The lowest BCUT2D eigenvalue weighted by Crippen LogP contribution is -2.33. The standard InChI is InChI=1S/C17H15ClF3NO2S2/c18-14-10-12(2-4-16(14)21)26(23,24)22-6-5-17(25-8-7-22)13-9-11(19)1-3-15(13)20/h1-4,9-10,17H,5-8H2/t17-/m1/s1. The molecule has 0 aliphatic carbocycles. The summed E-state index contributed by atoms with van der Waals surface area (Å²) in [7, 11) is -3.85. The molecule has 0 radical (unpaired) electrons. The first-order chi connectivity index (χ1) is 12.3. The fraction of sp³-hybridized carbons (Fsp3) is 0.294. The normalized spacial score (nSPS) is 19.3. The Morgan fingerprint density at radius 1 is 1.04 bits per heavy atom. The zero-order chi connectivity index (χ0) is 18.9. The molecule has 0 spiro atoms. The number of halogens is 4. The molecule has 0 N–H and O–H groups in total. The van der Waals surface area contributed by atoms with E-state index in [0.717, 1.165) is 36.4 Å². The van der Waals surface area contributed by atoms with Gasteiger partial charge in [0.25, 0.3) is 0 Å². The van der Waals surface area contributed by atoms with Crippen LogP contribution in [-0.4, -0.2) is 31.6 Å². The van der Waals surface area contributed by atoms with Crippen molar-refractivity contribution in [3.63, 3.8) is 0 Å². The molecule has 1 heterocycles. The fourth-order valence-corrected chi connectivity index (χ4v) is 5.87. The van der Waals surface area contributed by atoms with Gasteiger partial charge >= 0.3 is 0 Å². The molecule has 3 rings (SSSR count). The lowest BCUT2D eigenvalue weighted by atomic mass is 10.1. The van der Waals surface area contributed by atoms with Gasteiger partial charge in [-0.25, -0.2) is 21.6 Å². The Balaban J connectivity index is 1.81. The molecule has 2 aromatic rings. The quantitative estimate of drug-likeness (QED) is 0.725. The van der Waals surface area contributed by atoms with Crippen LogP contribution in [-0.2, 0) is 10.0 Å². The minimum Gasteiger partial charge on any atom is -0.207 e. The second-order valence-electron chi connectivity index (χ2n) is 5.79. The van der Waals surface area contributed by atoms with E-state index in [1.165, 1.54) is 16.1 Å². The van der Waals surface area contributed by atoms with Crippen LogP contribution in [0.25, 0.3) is 0 Å². The topological polar surface area (TPSA) is 37.4 Å². The van der Waals surface area contributed by atoms with E-state index in [4.69, 9.17) is 11.6 Å². The molecule has 3 nitrogen and oxygen atoms in total. The molecular weight excluding hydrogens is 407 g/mol. The fourth-order valence-electron chi connectivity index (χ4n) is 2.79. The Bertz CT molecular complexity index is 924. The molecule has 1 aliphatic rings. The Morgan fingerprint density at radius 3 is 2.50 bits per heavy atom. The molecule has 1 saturated heterocycles. The zero-order valence-electron chi connectivity index (χ0n) is 13.5. The summed E-state index contributed by atoms with van der Waals surface area (Å²) >= 11 is 7.07. The maximum absolute atomic E-state index is 14.0. The second-order valence-corrected chi connectivity index (χ2v) is 9.45. The predicted molar refractivity (Wildman–Crippen MR) is 96.3 cm³/mol. The van der Waals surface area contributed by atoms with Crippen LogP contribution < -0.4 is 0 Å². The molecule has 1 fully saturated rings. The average Bonchev–Trinajstić information content (AvgIpc) is 2.86. The third kappa shape index (κ3) is 4.03. The Hall–Kier alpha value is -1.22. The Kier molecular flexibility index (Phi) is 5.86. The van der Waals surface area contributed by atoms with Crippen molar-refractivity contribution in [3.05, 3.63) is 64.4 Å². The van der Waals surface area contributed by atoms with Gasteiger partial charge in [0.1, 0.15) is 17.5 Å². The first kappa shape index (κ1) is 19.5. The molecule has 0 unspecified atom stereocenters. The summed E-state index contributed by atoms with van der Waals surface area (Å²) < 4.78 is 67.5. The van der Waals surface area contributed by atoms with Crippen LogP contribution >= 0.6 is 23.4 Å². The van der Waals surface area contributed by atoms with Crippen molar-refractivity contribution in [1.82, 2.24) is 4.31 Å². The minimum absolute atomic E-state index is 0.0933. The highest BCUT2D eigenvalue weighted by atomic mass is 35.5. The monoisotopic (exact) mass is 421 g/mol. The van der Waals surface area contributed by atoms with Gasteiger partial charge in [-0.15, -0.1) is 0 Å². The summed E-state index contributed by atoms with van der Waals surface area (Å²) in [4.78, 5) is -0.0933. The number of nitrogens with zero attached hydrogens (tertiary/aromatic N) is 1. The average molecular weight is 422 g/mol. The summed E-state index contributed by atoms with van der Waals surface area (Å²) in [6.07, 6.45) is 0.333. The molecule has 140 valence electrons. The molecule has 1 aliphatic heterocycles. The van der Waals surface area contributed by atoms with Gasteiger partial charge in [0.2, 0.25) is 10.0 Å². The second kappa shape index (κ2) is 7.80. The molecule has 26 heavy (non-hydrogen) atoms. The van der Waals surface area contributed by atoms with Crippen molar-refractivity contribution < 1.29 is 21.6 Å². The third-order valence-corrected chi connectivity index (χ3v) is 7.63. The van der Waals surface area contributed by atoms with Crippen LogP contribution in [0.4, 0.5) is 13.2 Å². The summed E-state index contributed by atoms with van der Waals surface area (Å²) in [6, 6.07) is 6.52. The largest absolute Gasteiger partial charge is 0.243 e. The Labute approximate surface area is 159 Å². The van der Waals surface area contributed by atoms with Gasteiger partial charge in [0.05, 0.1) is 9.92 Å². The van der Waals surface area contributed by atoms with Crippen LogP contribution in [0.1, 0.15) is 17.2 Å². The van der Waals surface area contributed by atoms with E-state index in [2.05, 4.69) is 0 Å². The number of thioether (sulfide) groups is 1. The van der Waals surface area contributed by atoms with Crippen molar-refractivity contribution in [2.45, 2.75) is 16.6 Å². The highest BCUT2D eigenvalue weighted by molar-refractivity contribution is 7.99. The summed E-state index contributed by atoms with van der Waals surface area (Å²) in [5.74, 6) is -1.31. The van der Waals surface area contributed by atoms with Crippen LogP contribution in [0.5, 0.6) is 0 Å². The van der Waals surface area contributed by atoms with Crippen molar-refractivity contribution in [1.29, 1.82) is 0 Å². The maximum Gasteiger partial charge on any atom is 0.243 e. The van der Waals surface area contributed by atoms with E-state index < -0.39 is 27.5 Å². The van der Waals surface area contributed by atoms with Crippen LogP contribution in [0, 0.1) is 17.5 Å². The van der Waals surface area contributed by atoms with Crippen LogP contribution in [0.15, 0.2) is 41.3 Å². The summed E-state index contributed by atoms with van der Waals surface area (Å²) in [6.45, 7) is 0.361. The molecule has 0 amide bonds. The number of benzene rings is 2. The van der Waals surface area contributed by atoms with Crippen LogP contribution in [0.3, 0.4) is 0 Å². The zero-order valence-corrected chi connectivity index (χ0v) is 15.9. The smallest absolute Gasteiger partial charge is 0.207 e. The predicted octanol–water partition coefficient (Wildman–Crippen LogP) is 4.63. The van der Waals surface area contributed by atoms with Crippen molar-refractivity contribution in [2.75, 3.05) is 18.8 Å². The number of sulfonamides is 1. The third-order valence-electron chi connectivity index (χ3n) is 4.13. The van der Waals surface area contributed by atoms with Crippen LogP contribution in [0.2, 0.25) is 5.02 Å². The van der Waals surface area contributed by atoms with Gasteiger partial charge in [-0.2, -0.15) is 16.1 Å². The Morgan fingerprint density at radius 2 is 1.77 bits per heavy atom. The highest BCUT2D eigenvalue weighted by Gasteiger charge is 2.29. The van der Waals surface area contributed by atoms with E-state index in [0.29, 0.717) is 12.2 Å². The van der Waals surface area contributed by atoms with E-state index in [9.17, 15) is 21.6 Å². The SMILES string of the molecule is O=S(=O)(c1ccc(F)c(Cl)c1)N1CCS[C@@H](c2cc(F)ccc2F)CC1. The summed E-state index contributed by atoms with van der Waals surface area (Å²) in [5.41, 5.74) is 0.235. The molecule has 0 saturated carbocycles. The first-order valence-electron chi connectivity index (χ1n) is 7.81.